The van der Waals surface area contributed by atoms with Crippen LogP contribution in [0.3, 0.4) is 0 Å². The van der Waals surface area contributed by atoms with Crippen molar-refractivity contribution >= 4 is 11.8 Å². The number of aliphatic carboxylic acids is 1. The predicted molar refractivity (Wildman–Crippen MR) is 64.1 cm³/mol. The van der Waals surface area contributed by atoms with E-state index in [1.165, 1.54) is 0 Å². The van der Waals surface area contributed by atoms with Crippen LogP contribution < -0.4 is 4.90 Å². The van der Waals surface area contributed by atoms with E-state index in [0.29, 0.717) is 6.54 Å². The van der Waals surface area contributed by atoms with E-state index in [2.05, 4.69) is 9.97 Å². The Morgan fingerprint density at radius 1 is 1.47 bits per heavy atom. The number of carboxylic acid groups (broad SMARTS) is 1. The lowest BCUT2D eigenvalue weighted by Gasteiger charge is -2.31. The van der Waals surface area contributed by atoms with Gasteiger partial charge in [-0.2, -0.15) is 0 Å². The molecule has 1 aromatic heterocycles. The molecular formula is C12H17N3O2. The summed E-state index contributed by atoms with van der Waals surface area (Å²) < 4.78 is 0. The van der Waals surface area contributed by atoms with Crippen molar-refractivity contribution in [3.05, 3.63) is 17.6 Å². The van der Waals surface area contributed by atoms with E-state index in [-0.39, 0.29) is 5.92 Å². The fourth-order valence-corrected chi connectivity index (χ4v) is 2.07. The normalized spacial score (nSPS) is 20.4. The lowest BCUT2D eigenvalue weighted by molar-refractivity contribution is -0.141. The van der Waals surface area contributed by atoms with Gasteiger partial charge in [0.15, 0.2) is 0 Å². The maximum atomic E-state index is 11.0. The Morgan fingerprint density at radius 2 is 2.24 bits per heavy atom. The predicted octanol–water partition coefficient (Wildman–Crippen LogP) is 1.39. The second-order valence-electron chi connectivity index (χ2n) is 4.52. The second-order valence-corrected chi connectivity index (χ2v) is 4.52. The standard InChI is InChI=1S/C12H17N3O2/c1-8-9(2)14-11(6-13-8)15-5-3-4-10(7-15)12(16)17/h6,10H,3-5,7H2,1-2H3,(H,16,17). The SMILES string of the molecule is Cc1ncc(N2CCCC(C(=O)O)C2)nc1C. The van der Waals surface area contributed by atoms with Crippen LogP contribution in [0.15, 0.2) is 6.20 Å². The minimum absolute atomic E-state index is 0.285. The molecule has 1 atom stereocenters. The van der Waals surface area contributed by atoms with Gasteiger partial charge >= 0.3 is 5.97 Å². The summed E-state index contributed by atoms with van der Waals surface area (Å²) in [7, 11) is 0. The number of hydrogen-bond donors (Lipinski definition) is 1. The first kappa shape index (κ1) is 11.8. The molecule has 17 heavy (non-hydrogen) atoms. The maximum Gasteiger partial charge on any atom is 0.308 e. The highest BCUT2D eigenvalue weighted by Gasteiger charge is 2.26. The molecule has 0 saturated carbocycles. The maximum absolute atomic E-state index is 11.0. The van der Waals surface area contributed by atoms with Crippen molar-refractivity contribution in [3.63, 3.8) is 0 Å². The fraction of sp³-hybridized carbons (Fsp3) is 0.583. The number of aromatic nitrogens is 2. The highest BCUT2D eigenvalue weighted by atomic mass is 16.4. The van der Waals surface area contributed by atoms with Gasteiger partial charge in [0.25, 0.3) is 0 Å². The lowest BCUT2D eigenvalue weighted by Crippen LogP contribution is -2.39. The van der Waals surface area contributed by atoms with Gasteiger partial charge in [0.2, 0.25) is 0 Å². The van der Waals surface area contributed by atoms with Crippen molar-refractivity contribution in [1.82, 2.24) is 9.97 Å². The van der Waals surface area contributed by atoms with Crippen LogP contribution in [0, 0.1) is 19.8 Å². The van der Waals surface area contributed by atoms with E-state index >= 15 is 0 Å². The smallest absolute Gasteiger partial charge is 0.308 e. The Kier molecular flexibility index (Phi) is 3.26. The van der Waals surface area contributed by atoms with Gasteiger partial charge in [-0.1, -0.05) is 0 Å². The molecule has 1 aliphatic rings. The number of anilines is 1. The average molecular weight is 235 g/mol. The van der Waals surface area contributed by atoms with Crippen LogP contribution in [0.1, 0.15) is 24.2 Å². The fourth-order valence-electron chi connectivity index (χ4n) is 2.07. The van der Waals surface area contributed by atoms with E-state index < -0.39 is 5.97 Å². The van der Waals surface area contributed by atoms with E-state index in [0.717, 1.165) is 36.6 Å². The zero-order chi connectivity index (χ0) is 12.4. The number of hydrogen-bond acceptors (Lipinski definition) is 4. The molecule has 1 unspecified atom stereocenters. The van der Waals surface area contributed by atoms with E-state index in [1.54, 1.807) is 6.20 Å². The van der Waals surface area contributed by atoms with Crippen molar-refractivity contribution < 1.29 is 9.90 Å². The molecule has 1 fully saturated rings. The van der Waals surface area contributed by atoms with Crippen molar-refractivity contribution in [2.45, 2.75) is 26.7 Å². The van der Waals surface area contributed by atoms with Crippen LogP contribution in [-0.4, -0.2) is 34.1 Å². The molecule has 0 radical (unpaired) electrons. The summed E-state index contributed by atoms with van der Waals surface area (Å²) in [5.41, 5.74) is 1.82. The van der Waals surface area contributed by atoms with Crippen LogP contribution >= 0.6 is 0 Å². The van der Waals surface area contributed by atoms with Crippen LogP contribution in [0.4, 0.5) is 5.82 Å². The number of nitrogens with zero attached hydrogens (tertiary/aromatic N) is 3. The van der Waals surface area contributed by atoms with Crippen molar-refractivity contribution in [2.24, 2.45) is 5.92 Å². The van der Waals surface area contributed by atoms with Crippen LogP contribution in [0.5, 0.6) is 0 Å². The third-order valence-corrected chi connectivity index (χ3v) is 3.27. The Balaban J connectivity index is 2.16. The highest BCUT2D eigenvalue weighted by molar-refractivity contribution is 5.71. The second kappa shape index (κ2) is 4.69. The zero-order valence-corrected chi connectivity index (χ0v) is 10.2. The number of carbonyl (C=O) groups is 1. The van der Waals surface area contributed by atoms with E-state index in [1.807, 2.05) is 18.7 Å². The Morgan fingerprint density at radius 3 is 2.88 bits per heavy atom. The summed E-state index contributed by atoms with van der Waals surface area (Å²) >= 11 is 0. The molecule has 0 spiro atoms. The molecule has 0 aliphatic carbocycles. The first-order valence-electron chi connectivity index (χ1n) is 5.86. The molecule has 1 aliphatic heterocycles. The van der Waals surface area contributed by atoms with Gasteiger partial charge in [0.1, 0.15) is 5.82 Å². The zero-order valence-electron chi connectivity index (χ0n) is 10.2. The summed E-state index contributed by atoms with van der Waals surface area (Å²) in [5, 5.41) is 9.04. The largest absolute Gasteiger partial charge is 0.481 e. The van der Waals surface area contributed by atoms with Gasteiger partial charge in [-0.3, -0.25) is 9.78 Å². The number of carboxylic acids is 1. The molecule has 1 N–H and O–H groups in total. The molecule has 5 nitrogen and oxygen atoms in total. The quantitative estimate of drug-likeness (QED) is 0.839. The van der Waals surface area contributed by atoms with Crippen LogP contribution in [0.2, 0.25) is 0 Å². The topological polar surface area (TPSA) is 66.3 Å². The molecule has 5 heteroatoms. The summed E-state index contributed by atoms with van der Waals surface area (Å²) in [6.45, 7) is 5.24. The molecule has 2 rings (SSSR count). The van der Waals surface area contributed by atoms with Gasteiger partial charge < -0.3 is 10.0 Å². The number of aryl methyl sites for hydroxylation is 2. The summed E-state index contributed by atoms with van der Waals surface area (Å²) in [6, 6.07) is 0. The van der Waals surface area contributed by atoms with Gasteiger partial charge in [-0.25, -0.2) is 4.98 Å². The molecule has 0 bridgehead atoms. The number of piperidine rings is 1. The molecule has 0 amide bonds. The number of rotatable bonds is 2. The Bertz CT molecular complexity index is 434. The molecule has 0 aromatic carbocycles. The van der Waals surface area contributed by atoms with Gasteiger partial charge in [-0.05, 0) is 26.7 Å². The first-order valence-corrected chi connectivity index (χ1v) is 5.86. The van der Waals surface area contributed by atoms with Crippen molar-refractivity contribution in [1.29, 1.82) is 0 Å². The summed E-state index contributed by atoms with van der Waals surface area (Å²) in [4.78, 5) is 21.7. The molecular weight excluding hydrogens is 218 g/mol. The van der Waals surface area contributed by atoms with Gasteiger partial charge in [0.05, 0.1) is 23.5 Å². The minimum atomic E-state index is -0.716. The van der Waals surface area contributed by atoms with Gasteiger partial charge in [-0.15, -0.1) is 0 Å². The monoisotopic (exact) mass is 235 g/mol. The van der Waals surface area contributed by atoms with Crippen molar-refractivity contribution in [3.8, 4) is 0 Å². The van der Waals surface area contributed by atoms with Crippen molar-refractivity contribution in [2.75, 3.05) is 18.0 Å². The van der Waals surface area contributed by atoms with Crippen LogP contribution in [-0.2, 0) is 4.79 Å². The molecule has 92 valence electrons. The molecule has 1 aromatic rings. The Hall–Kier alpha value is -1.65. The highest BCUT2D eigenvalue weighted by Crippen LogP contribution is 2.21. The van der Waals surface area contributed by atoms with E-state index in [9.17, 15) is 4.79 Å². The average Bonchev–Trinajstić information content (AvgIpc) is 2.33. The minimum Gasteiger partial charge on any atom is -0.481 e. The third kappa shape index (κ3) is 2.54. The van der Waals surface area contributed by atoms with E-state index in [4.69, 9.17) is 5.11 Å². The first-order chi connectivity index (χ1) is 8.08. The third-order valence-electron chi connectivity index (χ3n) is 3.27. The lowest BCUT2D eigenvalue weighted by atomic mass is 9.98. The Labute approximate surface area is 100 Å². The summed E-state index contributed by atoms with van der Waals surface area (Å²) in [5.74, 6) is -0.210. The summed E-state index contributed by atoms with van der Waals surface area (Å²) in [6.07, 6.45) is 3.38. The van der Waals surface area contributed by atoms with Gasteiger partial charge in [0, 0.05) is 13.1 Å². The van der Waals surface area contributed by atoms with Crippen LogP contribution in [0.25, 0.3) is 0 Å². The molecule has 2 heterocycles. The molecule has 1 saturated heterocycles.